The van der Waals surface area contributed by atoms with Crippen LogP contribution in [-0.4, -0.2) is 42.3 Å². The van der Waals surface area contributed by atoms with E-state index in [0.717, 1.165) is 0 Å². The number of hydrogen-bond acceptors (Lipinski definition) is 7. The first kappa shape index (κ1) is 18.2. The average molecular weight is 322 g/mol. The molecular weight excluding hydrogens is 304 g/mol. The second-order valence-electron chi connectivity index (χ2n) is 4.59. The van der Waals surface area contributed by atoms with Crippen LogP contribution in [0.15, 0.2) is 30.3 Å². The lowest BCUT2D eigenvalue weighted by atomic mass is 10.2. The van der Waals surface area contributed by atoms with Crippen molar-refractivity contribution in [3.63, 3.8) is 0 Å². The molecule has 0 fully saturated rings. The Labute approximate surface area is 133 Å². The monoisotopic (exact) mass is 322 g/mol. The van der Waals surface area contributed by atoms with Crippen molar-refractivity contribution in [2.24, 2.45) is 0 Å². The number of carbonyl (C=O) groups is 3. The molecular formula is C16H18O7. The number of rotatable bonds is 7. The van der Waals surface area contributed by atoms with Gasteiger partial charge in [0, 0.05) is 19.9 Å². The maximum atomic E-state index is 11.7. The van der Waals surface area contributed by atoms with Gasteiger partial charge in [0.25, 0.3) is 0 Å². The summed E-state index contributed by atoms with van der Waals surface area (Å²) in [6.45, 7) is 2.02. The van der Waals surface area contributed by atoms with Crippen molar-refractivity contribution < 1.29 is 33.7 Å². The molecule has 0 aromatic heterocycles. The molecule has 0 bridgehead atoms. The molecule has 0 spiro atoms. The van der Waals surface area contributed by atoms with Crippen molar-refractivity contribution in [3.8, 4) is 5.75 Å². The zero-order chi connectivity index (χ0) is 17.2. The van der Waals surface area contributed by atoms with E-state index in [4.69, 9.17) is 19.3 Å². The minimum Gasteiger partial charge on any atom is -0.508 e. The molecule has 7 nitrogen and oxygen atoms in total. The summed E-state index contributed by atoms with van der Waals surface area (Å²) < 4.78 is 14.6. The van der Waals surface area contributed by atoms with Gasteiger partial charge in [-0.25, -0.2) is 4.79 Å². The standard InChI is InChI=1S/C16H18O7/c1-11(17)21-9-15(10-22-12(2)18)23-16(20)8-5-13-3-6-14(19)7-4-13/h3-8,15,19H,9-10H2,1-2H3/b8-5+. The first-order valence-electron chi connectivity index (χ1n) is 6.81. The topological polar surface area (TPSA) is 99.1 Å². The molecule has 7 heteroatoms. The van der Waals surface area contributed by atoms with Crippen molar-refractivity contribution in [2.45, 2.75) is 20.0 Å². The van der Waals surface area contributed by atoms with Crippen LogP contribution >= 0.6 is 0 Å². The number of phenols is 1. The largest absolute Gasteiger partial charge is 0.508 e. The summed E-state index contributed by atoms with van der Waals surface area (Å²) in [4.78, 5) is 33.4. The number of hydrogen-bond donors (Lipinski definition) is 1. The molecule has 124 valence electrons. The van der Waals surface area contributed by atoms with E-state index < -0.39 is 24.0 Å². The van der Waals surface area contributed by atoms with Crippen LogP contribution in [0.2, 0.25) is 0 Å². The third-order valence-electron chi connectivity index (χ3n) is 2.53. The highest BCUT2D eigenvalue weighted by molar-refractivity contribution is 5.87. The van der Waals surface area contributed by atoms with Crippen LogP contribution in [0.3, 0.4) is 0 Å². The number of phenolic OH excluding ortho intramolecular Hbond substituents is 1. The van der Waals surface area contributed by atoms with E-state index in [0.29, 0.717) is 5.56 Å². The van der Waals surface area contributed by atoms with Gasteiger partial charge in [-0.1, -0.05) is 12.1 Å². The maximum absolute atomic E-state index is 11.7. The summed E-state index contributed by atoms with van der Waals surface area (Å²) >= 11 is 0. The Morgan fingerprint density at radius 3 is 2.04 bits per heavy atom. The number of carbonyl (C=O) groups excluding carboxylic acids is 3. The molecule has 0 aliphatic carbocycles. The second kappa shape index (κ2) is 9.24. The van der Waals surface area contributed by atoms with Gasteiger partial charge >= 0.3 is 17.9 Å². The van der Waals surface area contributed by atoms with E-state index in [2.05, 4.69) is 0 Å². The SMILES string of the molecule is CC(=O)OCC(COC(C)=O)OC(=O)/C=C/c1ccc(O)cc1. The molecule has 0 aliphatic heterocycles. The third kappa shape index (κ3) is 8.25. The Hall–Kier alpha value is -2.83. The van der Waals surface area contributed by atoms with Gasteiger partial charge in [0.05, 0.1) is 0 Å². The number of benzene rings is 1. The smallest absolute Gasteiger partial charge is 0.331 e. The Balaban J connectivity index is 2.58. The normalized spacial score (nSPS) is 10.6. The maximum Gasteiger partial charge on any atom is 0.331 e. The molecule has 23 heavy (non-hydrogen) atoms. The summed E-state index contributed by atoms with van der Waals surface area (Å²) in [7, 11) is 0. The van der Waals surface area contributed by atoms with Gasteiger partial charge in [-0.05, 0) is 23.8 Å². The van der Waals surface area contributed by atoms with Gasteiger partial charge in [-0.2, -0.15) is 0 Å². The zero-order valence-electron chi connectivity index (χ0n) is 12.9. The van der Waals surface area contributed by atoms with E-state index in [1.54, 1.807) is 12.1 Å². The predicted molar refractivity (Wildman–Crippen MR) is 80.3 cm³/mol. The van der Waals surface area contributed by atoms with Gasteiger partial charge in [0.2, 0.25) is 0 Å². The summed E-state index contributed by atoms with van der Waals surface area (Å²) in [5, 5.41) is 9.16. The summed E-state index contributed by atoms with van der Waals surface area (Å²) in [5.74, 6) is -1.63. The van der Waals surface area contributed by atoms with Crippen molar-refractivity contribution >= 4 is 24.0 Å². The summed E-state index contributed by atoms with van der Waals surface area (Å²) in [6, 6.07) is 6.20. The van der Waals surface area contributed by atoms with E-state index in [-0.39, 0.29) is 19.0 Å². The lowest BCUT2D eigenvalue weighted by Gasteiger charge is -2.16. The third-order valence-corrected chi connectivity index (χ3v) is 2.53. The Morgan fingerprint density at radius 1 is 1.04 bits per heavy atom. The Kier molecular flexibility index (Phi) is 7.32. The average Bonchev–Trinajstić information content (AvgIpc) is 2.49. The molecule has 1 rings (SSSR count). The van der Waals surface area contributed by atoms with E-state index in [1.807, 2.05) is 0 Å². The lowest BCUT2D eigenvalue weighted by molar-refractivity contribution is -0.162. The van der Waals surface area contributed by atoms with Crippen LogP contribution in [0.5, 0.6) is 5.75 Å². The van der Waals surface area contributed by atoms with Crippen molar-refractivity contribution in [1.82, 2.24) is 0 Å². The zero-order valence-corrected chi connectivity index (χ0v) is 12.9. The first-order chi connectivity index (χ1) is 10.9. The quantitative estimate of drug-likeness (QED) is 0.460. The molecule has 1 aromatic rings. The molecule has 0 amide bonds. The first-order valence-corrected chi connectivity index (χ1v) is 6.81. The summed E-state index contributed by atoms with van der Waals surface area (Å²) in [6.07, 6.45) is 1.79. The fraction of sp³-hybridized carbons (Fsp3) is 0.312. The van der Waals surface area contributed by atoms with E-state index in [1.165, 1.54) is 38.1 Å². The number of aromatic hydroxyl groups is 1. The van der Waals surface area contributed by atoms with Gasteiger partial charge in [-0.15, -0.1) is 0 Å². The van der Waals surface area contributed by atoms with Crippen molar-refractivity contribution in [2.75, 3.05) is 13.2 Å². The van der Waals surface area contributed by atoms with Crippen LogP contribution in [0.25, 0.3) is 6.08 Å². The molecule has 0 heterocycles. The highest BCUT2D eigenvalue weighted by atomic mass is 16.6. The fourth-order valence-corrected chi connectivity index (χ4v) is 1.49. The van der Waals surface area contributed by atoms with Crippen LogP contribution < -0.4 is 0 Å². The molecule has 0 radical (unpaired) electrons. The van der Waals surface area contributed by atoms with Gasteiger partial charge in [0.1, 0.15) is 19.0 Å². The highest BCUT2D eigenvalue weighted by Gasteiger charge is 2.16. The number of ether oxygens (including phenoxy) is 3. The molecule has 0 saturated heterocycles. The summed E-state index contributed by atoms with van der Waals surface area (Å²) in [5.41, 5.74) is 0.691. The second-order valence-corrected chi connectivity index (χ2v) is 4.59. The molecule has 0 unspecified atom stereocenters. The van der Waals surface area contributed by atoms with Crippen LogP contribution in [0.4, 0.5) is 0 Å². The minimum atomic E-state index is -0.889. The Morgan fingerprint density at radius 2 is 1.57 bits per heavy atom. The van der Waals surface area contributed by atoms with Crippen LogP contribution in [-0.2, 0) is 28.6 Å². The van der Waals surface area contributed by atoms with Crippen LogP contribution in [0, 0.1) is 0 Å². The van der Waals surface area contributed by atoms with Gasteiger partial charge in [-0.3, -0.25) is 9.59 Å². The van der Waals surface area contributed by atoms with E-state index in [9.17, 15) is 14.4 Å². The molecule has 0 saturated carbocycles. The molecule has 0 atom stereocenters. The van der Waals surface area contributed by atoms with E-state index >= 15 is 0 Å². The molecule has 1 N–H and O–H groups in total. The predicted octanol–water partition coefficient (Wildman–Crippen LogP) is 1.44. The minimum absolute atomic E-state index is 0.118. The number of esters is 3. The Bertz CT molecular complexity index is 557. The molecule has 0 aliphatic rings. The fourth-order valence-electron chi connectivity index (χ4n) is 1.49. The molecule has 1 aromatic carbocycles. The van der Waals surface area contributed by atoms with Gasteiger partial charge < -0.3 is 19.3 Å². The highest BCUT2D eigenvalue weighted by Crippen LogP contribution is 2.11. The van der Waals surface area contributed by atoms with Gasteiger partial charge in [0.15, 0.2) is 6.10 Å². The van der Waals surface area contributed by atoms with Crippen molar-refractivity contribution in [3.05, 3.63) is 35.9 Å². The lowest BCUT2D eigenvalue weighted by Crippen LogP contribution is -2.29. The van der Waals surface area contributed by atoms with Crippen molar-refractivity contribution in [1.29, 1.82) is 0 Å². The van der Waals surface area contributed by atoms with Crippen LogP contribution in [0.1, 0.15) is 19.4 Å².